The fourth-order valence-electron chi connectivity index (χ4n) is 3.34. The van der Waals surface area contributed by atoms with Crippen molar-refractivity contribution in [3.8, 4) is 17.4 Å². The molecule has 148 valence electrons. The molecule has 3 aliphatic heterocycles. The lowest BCUT2D eigenvalue weighted by molar-refractivity contribution is -0.131. The first-order valence-corrected chi connectivity index (χ1v) is 9.47. The minimum atomic E-state index is -0.687. The van der Waals surface area contributed by atoms with E-state index in [1.165, 1.54) is 6.20 Å². The van der Waals surface area contributed by atoms with E-state index in [1.54, 1.807) is 6.08 Å². The molecular formula is C20H22N2O6. The van der Waals surface area contributed by atoms with Crippen LogP contribution >= 0.6 is 0 Å². The number of pyridine rings is 1. The second kappa shape index (κ2) is 8.53. The number of rotatable bonds is 4. The summed E-state index contributed by atoms with van der Waals surface area (Å²) in [6.45, 7) is 3.06. The van der Waals surface area contributed by atoms with Crippen molar-refractivity contribution in [1.29, 1.82) is 0 Å². The number of ether oxygens (including phenoxy) is 4. The molecular weight excluding hydrogens is 364 g/mol. The molecule has 4 rings (SSSR count). The van der Waals surface area contributed by atoms with E-state index in [2.05, 4.69) is 10.3 Å². The zero-order chi connectivity index (χ0) is 19.3. The Morgan fingerprint density at radius 1 is 1.11 bits per heavy atom. The van der Waals surface area contributed by atoms with E-state index in [1.807, 2.05) is 6.08 Å². The van der Waals surface area contributed by atoms with Crippen molar-refractivity contribution in [2.24, 2.45) is 5.92 Å². The van der Waals surface area contributed by atoms with E-state index < -0.39 is 11.9 Å². The lowest BCUT2D eigenvalue weighted by Gasteiger charge is -2.24. The molecule has 8 nitrogen and oxygen atoms in total. The van der Waals surface area contributed by atoms with Crippen LogP contribution in [0.2, 0.25) is 0 Å². The number of esters is 2. The SMILES string of the molecule is O=C1/C=C\C(=O)Oc2c(OC3CCOCC3)cnc(c2/C=C/[C@H]2CCNC2)O1. The second-order valence-corrected chi connectivity index (χ2v) is 6.89. The Bertz CT molecular complexity index is 807. The highest BCUT2D eigenvalue weighted by atomic mass is 16.6. The standard InChI is InChI=1S/C20H22N2O6/c23-17-3-4-18(24)28-20-15(2-1-13-5-8-21-11-13)19(27-17)16(12-22-20)26-14-6-9-25-10-7-14/h1-4,12-14,21H,5-11H2/b2-1+,4-3-/t13-/m0/s1. The Morgan fingerprint density at radius 3 is 2.64 bits per heavy atom. The largest absolute Gasteiger partial charge is 0.485 e. The molecule has 8 heteroatoms. The smallest absolute Gasteiger partial charge is 0.337 e. The normalized spacial score (nSPS) is 24.2. The van der Waals surface area contributed by atoms with Gasteiger partial charge in [0.05, 0.1) is 25.0 Å². The number of carbonyl (C=O) groups excluding carboxylic acids is 2. The molecule has 4 heterocycles. The van der Waals surface area contributed by atoms with Gasteiger partial charge in [-0.3, -0.25) is 0 Å². The third-order valence-electron chi connectivity index (χ3n) is 4.85. The van der Waals surface area contributed by atoms with Crippen LogP contribution in [0, 0.1) is 5.92 Å². The van der Waals surface area contributed by atoms with Crippen molar-refractivity contribution < 1.29 is 28.5 Å². The highest BCUT2D eigenvalue weighted by Gasteiger charge is 2.25. The molecule has 2 fully saturated rings. The predicted molar refractivity (Wildman–Crippen MR) is 99.1 cm³/mol. The first-order valence-electron chi connectivity index (χ1n) is 9.47. The Kier molecular flexibility index (Phi) is 5.68. The minimum Gasteiger partial charge on any atom is -0.485 e. The zero-order valence-corrected chi connectivity index (χ0v) is 15.4. The molecule has 2 saturated heterocycles. The average Bonchev–Trinajstić information content (AvgIpc) is 3.22. The van der Waals surface area contributed by atoms with Gasteiger partial charge in [0.15, 0.2) is 11.5 Å². The summed E-state index contributed by atoms with van der Waals surface area (Å²) in [6, 6.07) is 0. The lowest BCUT2D eigenvalue weighted by Crippen LogP contribution is -2.26. The van der Waals surface area contributed by atoms with Crippen LogP contribution in [0.4, 0.5) is 0 Å². The highest BCUT2D eigenvalue weighted by molar-refractivity contribution is 5.95. The van der Waals surface area contributed by atoms with Crippen LogP contribution in [-0.4, -0.2) is 49.3 Å². The Balaban J connectivity index is 1.71. The van der Waals surface area contributed by atoms with E-state index >= 15 is 0 Å². The van der Waals surface area contributed by atoms with Crippen LogP contribution in [-0.2, 0) is 14.3 Å². The molecule has 2 bridgehead atoms. The highest BCUT2D eigenvalue weighted by Crippen LogP contribution is 2.39. The summed E-state index contributed by atoms with van der Waals surface area (Å²) in [5.74, 6) is -0.378. The van der Waals surface area contributed by atoms with E-state index in [4.69, 9.17) is 18.9 Å². The molecule has 1 N–H and O–H groups in total. The van der Waals surface area contributed by atoms with Crippen molar-refractivity contribution in [1.82, 2.24) is 10.3 Å². The Hall–Kier alpha value is -2.71. The molecule has 0 saturated carbocycles. The summed E-state index contributed by atoms with van der Waals surface area (Å²) in [7, 11) is 0. The van der Waals surface area contributed by atoms with Crippen LogP contribution in [0.15, 0.2) is 24.4 Å². The third-order valence-corrected chi connectivity index (χ3v) is 4.85. The van der Waals surface area contributed by atoms with Gasteiger partial charge in [-0.05, 0) is 25.0 Å². The van der Waals surface area contributed by atoms with Gasteiger partial charge in [0.25, 0.3) is 0 Å². The van der Waals surface area contributed by atoms with Crippen molar-refractivity contribution in [2.45, 2.75) is 25.4 Å². The first-order chi connectivity index (χ1) is 13.7. The van der Waals surface area contributed by atoms with Crippen molar-refractivity contribution in [3.05, 3.63) is 30.0 Å². The van der Waals surface area contributed by atoms with E-state index in [-0.39, 0.29) is 17.7 Å². The van der Waals surface area contributed by atoms with Crippen LogP contribution in [0.1, 0.15) is 24.8 Å². The molecule has 0 unspecified atom stereocenters. The number of fused-ring (bicyclic) bond motifs is 2. The third kappa shape index (κ3) is 4.40. The summed E-state index contributed by atoms with van der Waals surface area (Å²) in [5.41, 5.74) is 0.418. The predicted octanol–water partition coefficient (Wildman–Crippen LogP) is 1.64. The van der Waals surface area contributed by atoms with E-state index in [9.17, 15) is 9.59 Å². The number of nitrogens with zero attached hydrogens (tertiary/aromatic N) is 1. The number of carbonyl (C=O) groups is 2. The number of hydrogen-bond acceptors (Lipinski definition) is 8. The van der Waals surface area contributed by atoms with Crippen LogP contribution in [0.25, 0.3) is 6.08 Å². The molecule has 0 amide bonds. The fourth-order valence-corrected chi connectivity index (χ4v) is 3.34. The van der Waals surface area contributed by atoms with Crippen LogP contribution in [0.3, 0.4) is 0 Å². The lowest BCUT2D eigenvalue weighted by atomic mass is 10.1. The molecule has 3 aliphatic rings. The van der Waals surface area contributed by atoms with Gasteiger partial charge in [-0.2, -0.15) is 0 Å². The maximum Gasteiger partial charge on any atom is 0.337 e. The molecule has 1 aromatic heterocycles. The Labute approximate surface area is 162 Å². The van der Waals surface area contributed by atoms with Gasteiger partial charge in [-0.25, -0.2) is 14.6 Å². The van der Waals surface area contributed by atoms with Gasteiger partial charge in [0.1, 0.15) is 6.10 Å². The van der Waals surface area contributed by atoms with E-state index in [0.29, 0.717) is 30.4 Å². The Morgan fingerprint density at radius 2 is 1.89 bits per heavy atom. The van der Waals surface area contributed by atoms with Gasteiger partial charge in [0, 0.05) is 31.5 Å². The minimum absolute atomic E-state index is 0.0575. The summed E-state index contributed by atoms with van der Waals surface area (Å²) in [5, 5.41) is 3.29. The first kappa shape index (κ1) is 18.6. The van der Waals surface area contributed by atoms with Crippen molar-refractivity contribution in [3.63, 3.8) is 0 Å². The van der Waals surface area contributed by atoms with Gasteiger partial charge >= 0.3 is 11.9 Å². The zero-order valence-electron chi connectivity index (χ0n) is 15.4. The number of aromatic nitrogens is 1. The molecule has 1 aromatic rings. The second-order valence-electron chi connectivity index (χ2n) is 6.89. The maximum atomic E-state index is 12.2. The summed E-state index contributed by atoms with van der Waals surface area (Å²) >= 11 is 0. The van der Waals surface area contributed by atoms with Gasteiger partial charge < -0.3 is 24.3 Å². The summed E-state index contributed by atoms with van der Waals surface area (Å²) < 4.78 is 22.2. The van der Waals surface area contributed by atoms with Crippen molar-refractivity contribution in [2.75, 3.05) is 26.3 Å². The van der Waals surface area contributed by atoms with Crippen LogP contribution < -0.4 is 19.5 Å². The number of nitrogens with one attached hydrogen (secondary N) is 1. The molecule has 28 heavy (non-hydrogen) atoms. The number of hydrogen-bond donors (Lipinski definition) is 1. The molecule has 0 spiro atoms. The van der Waals surface area contributed by atoms with Gasteiger partial charge in [-0.1, -0.05) is 6.08 Å². The maximum absolute atomic E-state index is 12.2. The molecule has 1 atom stereocenters. The molecule has 0 aliphatic carbocycles. The summed E-state index contributed by atoms with van der Waals surface area (Å²) in [4.78, 5) is 28.3. The summed E-state index contributed by atoms with van der Waals surface area (Å²) in [6.07, 6.45) is 9.71. The molecule has 0 radical (unpaired) electrons. The van der Waals surface area contributed by atoms with Gasteiger partial charge in [-0.15, -0.1) is 0 Å². The van der Waals surface area contributed by atoms with Crippen LogP contribution in [0.5, 0.6) is 17.4 Å². The average molecular weight is 386 g/mol. The van der Waals surface area contributed by atoms with Gasteiger partial charge in [0.2, 0.25) is 5.88 Å². The fraction of sp³-hybridized carbons (Fsp3) is 0.450. The van der Waals surface area contributed by atoms with E-state index in [0.717, 1.165) is 44.5 Å². The topological polar surface area (TPSA) is 96.0 Å². The molecule has 0 aromatic carbocycles. The van der Waals surface area contributed by atoms with Crippen molar-refractivity contribution >= 4 is 18.0 Å². The monoisotopic (exact) mass is 386 g/mol. The quantitative estimate of drug-likeness (QED) is 0.781.